The summed E-state index contributed by atoms with van der Waals surface area (Å²) in [5, 5.41) is 3.43. The minimum Gasteiger partial charge on any atom is -0.493 e. The summed E-state index contributed by atoms with van der Waals surface area (Å²) in [7, 11) is 4.87. The van der Waals surface area contributed by atoms with Crippen LogP contribution in [-0.2, 0) is 13.1 Å². The van der Waals surface area contributed by atoms with Crippen LogP contribution in [0, 0.1) is 6.92 Å². The number of ether oxygens (including phenoxy) is 3. The first kappa shape index (κ1) is 16.2. The molecular formula is C18H23NO3. The highest BCUT2D eigenvalue weighted by Gasteiger charge is 2.15. The third-order valence-electron chi connectivity index (χ3n) is 3.51. The van der Waals surface area contributed by atoms with Gasteiger partial charge in [-0.3, -0.25) is 0 Å². The first-order valence-corrected chi connectivity index (χ1v) is 7.23. The van der Waals surface area contributed by atoms with Crippen molar-refractivity contribution in [3.05, 3.63) is 53.1 Å². The van der Waals surface area contributed by atoms with Gasteiger partial charge in [-0.1, -0.05) is 35.9 Å². The number of hydrogen-bond acceptors (Lipinski definition) is 4. The van der Waals surface area contributed by atoms with Gasteiger partial charge in [0.15, 0.2) is 11.5 Å². The molecule has 118 valence electrons. The Hall–Kier alpha value is -2.20. The van der Waals surface area contributed by atoms with Gasteiger partial charge in [0.25, 0.3) is 0 Å². The second-order valence-corrected chi connectivity index (χ2v) is 5.09. The molecule has 0 atom stereocenters. The maximum atomic E-state index is 5.49. The molecule has 0 saturated carbocycles. The molecule has 0 amide bonds. The van der Waals surface area contributed by atoms with Crippen molar-refractivity contribution in [1.29, 1.82) is 0 Å². The molecule has 0 aliphatic rings. The van der Waals surface area contributed by atoms with Crippen molar-refractivity contribution < 1.29 is 14.2 Å². The molecule has 0 unspecified atom stereocenters. The molecule has 0 spiro atoms. The van der Waals surface area contributed by atoms with Crippen LogP contribution in [0.2, 0.25) is 0 Å². The van der Waals surface area contributed by atoms with Crippen LogP contribution in [0.5, 0.6) is 17.2 Å². The molecule has 1 N–H and O–H groups in total. The van der Waals surface area contributed by atoms with Crippen molar-refractivity contribution in [3.8, 4) is 17.2 Å². The van der Waals surface area contributed by atoms with Gasteiger partial charge in [-0.2, -0.15) is 0 Å². The Balaban J connectivity index is 2.09. The fourth-order valence-electron chi connectivity index (χ4n) is 2.47. The average Bonchev–Trinajstić information content (AvgIpc) is 2.54. The lowest BCUT2D eigenvalue weighted by Gasteiger charge is -2.16. The van der Waals surface area contributed by atoms with E-state index >= 15 is 0 Å². The summed E-state index contributed by atoms with van der Waals surface area (Å²) >= 11 is 0. The smallest absolute Gasteiger partial charge is 0.203 e. The summed E-state index contributed by atoms with van der Waals surface area (Å²) in [6.07, 6.45) is 0. The monoisotopic (exact) mass is 301 g/mol. The van der Waals surface area contributed by atoms with E-state index in [4.69, 9.17) is 14.2 Å². The summed E-state index contributed by atoms with van der Waals surface area (Å²) in [6.45, 7) is 3.59. The zero-order chi connectivity index (χ0) is 15.9. The number of hydrogen-bond donors (Lipinski definition) is 1. The highest BCUT2D eigenvalue weighted by molar-refractivity contribution is 5.55. The first-order valence-electron chi connectivity index (χ1n) is 7.23. The molecule has 2 rings (SSSR count). The highest BCUT2D eigenvalue weighted by Crippen LogP contribution is 2.39. The second-order valence-electron chi connectivity index (χ2n) is 5.09. The number of aryl methyl sites for hydroxylation is 1. The number of benzene rings is 2. The van der Waals surface area contributed by atoms with Crippen LogP contribution in [0.3, 0.4) is 0 Å². The summed E-state index contributed by atoms with van der Waals surface area (Å²) in [5.41, 5.74) is 3.57. The minimum absolute atomic E-state index is 0.625. The Kier molecular flexibility index (Phi) is 5.67. The van der Waals surface area contributed by atoms with Crippen molar-refractivity contribution >= 4 is 0 Å². The molecule has 2 aromatic rings. The fourth-order valence-corrected chi connectivity index (χ4v) is 2.47. The van der Waals surface area contributed by atoms with Gasteiger partial charge in [-0.15, -0.1) is 0 Å². The van der Waals surface area contributed by atoms with Gasteiger partial charge in [0, 0.05) is 18.7 Å². The molecule has 0 aliphatic carbocycles. The standard InChI is InChI=1S/C18H23NO3/c1-13-6-5-7-14(10-13)11-19-12-15-8-9-16(20-2)18(22-4)17(15)21-3/h5-10,19H,11-12H2,1-4H3. The van der Waals surface area contributed by atoms with Crippen LogP contribution in [0.1, 0.15) is 16.7 Å². The van der Waals surface area contributed by atoms with Crippen LogP contribution in [0.15, 0.2) is 36.4 Å². The van der Waals surface area contributed by atoms with Crippen molar-refractivity contribution in [2.45, 2.75) is 20.0 Å². The van der Waals surface area contributed by atoms with E-state index in [1.165, 1.54) is 11.1 Å². The lowest BCUT2D eigenvalue weighted by atomic mass is 10.1. The molecule has 22 heavy (non-hydrogen) atoms. The number of nitrogens with one attached hydrogen (secondary N) is 1. The third kappa shape index (κ3) is 3.71. The Morgan fingerprint density at radius 2 is 1.64 bits per heavy atom. The summed E-state index contributed by atoms with van der Waals surface area (Å²) in [6, 6.07) is 12.4. The molecule has 0 radical (unpaired) electrons. The lowest BCUT2D eigenvalue weighted by Crippen LogP contribution is -2.14. The topological polar surface area (TPSA) is 39.7 Å². The number of methoxy groups -OCH3 is 3. The SMILES string of the molecule is COc1ccc(CNCc2cccc(C)c2)c(OC)c1OC. The van der Waals surface area contributed by atoms with E-state index in [-0.39, 0.29) is 0 Å². The normalized spacial score (nSPS) is 10.4. The van der Waals surface area contributed by atoms with Crippen molar-refractivity contribution in [2.75, 3.05) is 21.3 Å². The van der Waals surface area contributed by atoms with Gasteiger partial charge < -0.3 is 19.5 Å². The van der Waals surface area contributed by atoms with E-state index in [9.17, 15) is 0 Å². The zero-order valence-corrected chi connectivity index (χ0v) is 13.6. The Morgan fingerprint density at radius 1 is 0.864 bits per heavy atom. The molecule has 0 bridgehead atoms. The van der Waals surface area contributed by atoms with Crippen molar-refractivity contribution in [1.82, 2.24) is 5.32 Å². The third-order valence-corrected chi connectivity index (χ3v) is 3.51. The quantitative estimate of drug-likeness (QED) is 0.851. The predicted molar refractivity (Wildman–Crippen MR) is 87.8 cm³/mol. The van der Waals surface area contributed by atoms with Gasteiger partial charge >= 0.3 is 0 Å². The maximum Gasteiger partial charge on any atom is 0.203 e. The van der Waals surface area contributed by atoms with E-state index in [1.807, 2.05) is 12.1 Å². The van der Waals surface area contributed by atoms with E-state index in [0.29, 0.717) is 23.8 Å². The Bertz CT molecular complexity index is 626. The molecule has 4 nitrogen and oxygen atoms in total. The van der Waals surface area contributed by atoms with Crippen LogP contribution < -0.4 is 19.5 Å². The van der Waals surface area contributed by atoms with E-state index < -0.39 is 0 Å². The van der Waals surface area contributed by atoms with Crippen LogP contribution in [0.25, 0.3) is 0 Å². The zero-order valence-electron chi connectivity index (χ0n) is 13.6. The molecule has 0 aliphatic heterocycles. The van der Waals surface area contributed by atoms with Gasteiger partial charge in [0.2, 0.25) is 5.75 Å². The van der Waals surface area contributed by atoms with Crippen molar-refractivity contribution in [2.24, 2.45) is 0 Å². The summed E-state index contributed by atoms with van der Waals surface area (Å²) in [4.78, 5) is 0. The summed E-state index contributed by atoms with van der Waals surface area (Å²) < 4.78 is 16.2. The average molecular weight is 301 g/mol. The summed E-state index contributed by atoms with van der Waals surface area (Å²) in [5.74, 6) is 2.00. The van der Waals surface area contributed by atoms with Gasteiger partial charge in [-0.05, 0) is 18.6 Å². The Labute approximate surface area is 132 Å². The Morgan fingerprint density at radius 3 is 2.27 bits per heavy atom. The van der Waals surface area contributed by atoms with E-state index in [2.05, 4.69) is 36.5 Å². The van der Waals surface area contributed by atoms with Gasteiger partial charge in [-0.25, -0.2) is 0 Å². The maximum absolute atomic E-state index is 5.49. The van der Waals surface area contributed by atoms with Crippen LogP contribution >= 0.6 is 0 Å². The van der Waals surface area contributed by atoms with E-state index in [0.717, 1.165) is 12.1 Å². The first-order chi connectivity index (χ1) is 10.7. The molecule has 0 saturated heterocycles. The lowest BCUT2D eigenvalue weighted by molar-refractivity contribution is 0.321. The van der Waals surface area contributed by atoms with E-state index in [1.54, 1.807) is 21.3 Å². The fraction of sp³-hybridized carbons (Fsp3) is 0.333. The molecule has 0 fully saturated rings. The van der Waals surface area contributed by atoms with Crippen molar-refractivity contribution in [3.63, 3.8) is 0 Å². The second kappa shape index (κ2) is 7.71. The highest BCUT2D eigenvalue weighted by atomic mass is 16.5. The molecule has 2 aromatic carbocycles. The van der Waals surface area contributed by atoms with Gasteiger partial charge in [0.1, 0.15) is 0 Å². The van der Waals surface area contributed by atoms with Gasteiger partial charge in [0.05, 0.1) is 21.3 Å². The minimum atomic E-state index is 0.625. The molecule has 0 aromatic heterocycles. The van der Waals surface area contributed by atoms with Crippen LogP contribution in [0.4, 0.5) is 0 Å². The molecule has 0 heterocycles. The molecule has 4 heteroatoms. The number of rotatable bonds is 7. The molecular weight excluding hydrogens is 278 g/mol. The predicted octanol–water partition coefficient (Wildman–Crippen LogP) is 3.31. The van der Waals surface area contributed by atoms with Crippen LogP contribution in [-0.4, -0.2) is 21.3 Å². The largest absolute Gasteiger partial charge is 0.493 e.